The zero-order chi connectivity index (χ0) is 21.0. The lowest BCUT2D eigenvalue weighted by Gasteiger charge is -2.31. The molecule has 0 spiro atoms. The van der Waals surface area contributed by atoms with E-state index in [1.54, 1.807) is 30.3 Å². The highest BCUT2D eigenvalue weighted by Gasteiger charge is 2.28. The fourth-order valence-corrected chi connectivity index (χ4v) is 4.56. The molecule has 1 heterocycles. The molecule has 1 fully saturated rings. The normalized spacial score (nSPS) is 15.7. The molecule has 29 heavy (non-hydrogen) atoms. The van der Waals surface area contributed by atoms with E-state index in [1.165, 1.54) is 30.7 Å². The first-order chi connectivity index (χ1) is 13.8. The second-order valence-corrected chi connectivity index (χ2v) is 8.70. The molecule has 3 rings (SSSR count). The number of nitrogens with zero attached hydrogens (tertiary/aromatic N) is 2. The zero-order valence-corrected chi connectivity index (χ0v) is 17.5. The monoisotopic (exact) mass is 419 g/mol. The van der Waals surface area contributed by atoms with Crippen LogP contribution in [0.1, 0.15) is 10.4 Å². The number of hydrogen-bond acceptors (Lipinski definition) is 6. The van der Waals surface area contributed by atoms with Gasteiger partial charge in [0.25, 0.3) is 5.91 Å². The number of sulfonamides is 1. The third kappa shape index (κ3) is 4.69. The topological polar surface area (TPSA) is 88.2 Å². The van der Waals surface area contributed by atoms with Crippen molar-refractivity contribution in [2.75, 3.05) is 52.8 Å². The second kappa shape index (κ2) is 8.81. The number of rotatable bonds is 6. The van der Waals surface area contributed by atoms with E-state index in [-0.39, 0.29) is 10.5 Å². The standard InChI is InChI=1S/C20H25N3O5S/c1-22-9-11-23(12-10-22)29(25,26)17-6-4-5-15(13-17)20(24)21-16-7-8-18(27-2)19(14-16)28-3/h4-8,13-14H,9-12H2,1-3H3,(H,21,24). The highest BCUT2D eigenvalue weighted by Crippen LogP contribution is 2.30. The van der Waals surface area contributed by atoms with Crippen molar-refractivity contribution in [2.24, 2.45) is 0 Å². The Kier molecular flexibility index (Phi) is 6.41. The van der Waals surface area contributed by atoms with E-state index in [2.05, 4.69) is 10.2 Å². The van der Waals surface area contributed by atoms with Crippen molar-refractivity contribution in [3.8, 4) is 11.5 Å². The summed E-state index contributed by atoms with van der Waals surface area (Å²) >= 11 is 0. The fourth-order valence-electron chi connectivity index (χ4n) is 3.09. The van der Waals surface area contributed by atoms with E-state index < -0.39 is 15.9 Å². The summed E-state index contributed by atoms with van der Waals surface area (Å²) in [5, 5.41) is 2.76. The summed E-state index contributed by atoms with van der Waals surface area (Å²) in [7, 11) is 1.36. The van der Waals surface area contributed by atoms with Crippen molar-refractivity contribution < 1.29 is 22.7 Å². The molecule has 0 radical (unpaired) electrons. The average molecular weight is 420 g/mol. The minimum absolute atomic E-state index is 0.113. The number of nitrogens with one attached hydrogen (secondary N) is 1. The maximum Gasteiger partial charge on any atom is 0.255 e. The number of methoxy groups -OCH3 is 2. The number of ether oxygens (including phenoxy) is 2. The lowest BCUT2D eigenvalue weighted by Crippen LogP contribution is -2.47. The Labute approximate surface area is 171 Å². The van der Waals surface area contributed by atoms with Crippen LogP contribution in [0.4, 0.5) is 5.69 Å². The molecule has 9 heteroatoms. The van der Waals surface area contributed by atoms with E-state index in [1.807, 2.05) is 7.05 Å². The molecule has 2 aromatic rings. The highest BCUT2D eigenvalue weighted by molar-refractivity contribution is 7.89. The van der Waals surface area contributed by atoms with Crippen LogP contribution >= 0.6 is 0 Å². The van der Waals surface area contributed by atoms with Gasteiger partial charge in [0.2, 0.25) is 10.0 Å². The van der Waals surface area contributed by atoms with Crippen LogP contribution in [0.5, 0.6) is 11.5 Å². The lowest BCUT2D eigenvalue weighted by molar-refractivity contribution is 0.102. The molecule has 1 N–H and O–H groups in total. The zero-order valence-electron chi connectivity index (χ0n) is 16.7. The number of amides is 1. The molecule has 0 aromatic heterocycles. The maximum atomic E-state index is 12.9. The molecular formula is C20H25N3O5S. The van der Waals surface area contributed by atoms with Crippen molar-refractivity contribution in [1.82, 2.24) is 9.21 Å². The van der Waals surface area contributed by atoms with Crippen LogP contribution in [-0.4, -0.2) is 71.0 Å². The molecule has 156 valence electrons. The maximum absolute atomic E-state index is 12.9. The lowest BCUT2D eigenvalue weighted by atomic mass is 10.2. The predicted molar refractivity (Wildman–Crippen MR) is 110 cm³/mol. The molecule has 0 bridgehead atoms. The van der Waals surface area contributed by atoms with Crippen LogP contribution < -0.4 is 14.8 Å². The van der Waals surface area contributed by atoms with Gasteiger partial charge >= 0.3 is 0 Å². The molecule has 1 amide bonds. The Bertz CT molecular complexity index is 985. The summed E-state index contributed by atoms with van der Waals surface area (Å²) < 4.78 is 37.7. The van der Waals surface area contributed by atoms with Gasteiger partial charge in [-0.1, -0.05) is 6.07 Å². The molecule has 0 atom stereocenters. The molecule has 1 aliphatic heterocycles. The van der Waals surface area contributed by atoms with Gasteiger partial charge in [0.05, 0.1) is 19.1 Å². The van der Waals surface area contributed by atoms with E-state index in [9.17, 15) is 13.2 Å². The van der Waals surface area contributed by atoms with Gasteiger partial charge in [-0.2, -0.15) is 4.31 Å². The summed E-state index contributed by atoms with van der Waals surface area (Å²) in [6.45, 7) is 2.22. The van der Waals surface area contributed by atoms with Gasteiger partial charge in [-0.05, 0) is 37.4 Å². The minimum Gasteiger partial charge on any atom is -0.493 e. The number of benzene rings is 2. The Morgan fingerprint density at radius 2 is 1.66 bits per heavy atom. The van der Waals surface area contributed by atoms with Crippen molar-refractivity contribution in [1.29, 1.82) is 0 Å². The van der Waals surface area contributed by atoms with Crippen LogP contribution in [0.3, 0.4) is 0 Å². The van der Waals surface area contributed by atoms with Gasteiger partial charge in [-0.3, -0.25) is 4.79 Å². The molecule has 0 unspecified atom stereocenters. The third-order valence-electron chi connectivity index (χ3n) is 4.84. The van der Waals surface area contributed by atoms with E-state index in [0.717, 1.165) is 0 Å². The summed E-state index contributed by atoms with van der Waals surface area (Å²) in [4.78, 5) is 14.9. The first-order valence-corrected chi connectivity index (χ1v) is 10.6. The fraction of sp³-hybridized carbons (Fsp3) is 0.350. The highest BCUT2D eigenvalue weighted by atomic mass is 32.2. The molecule has 1 saturated heterocycles. The molecular weight excluding hydrogens is 394 g/mol. The van der Waals surface area contributed by atoms with Gasteiger partial charge in [-0.25, -0.2) is 8.42 Å². The minimum atomic E-state index is -3.64. The van der Waals surface area contributed by atoms with Gasteiger partial charge in [0.1, 0.15) is 0 Å². The molecule has 0 saturated carbocycles. The van der Waals surface area contributed by atoms with Crippen molar-refractivity contribution in [3.63, 3.8) is 0 Å². The summed E-state index contributed by atoms with van der Waals surface area (Å²) in [6.07, 6.45) is 0. The van der Waals surface area contributed by atoms with Gasteiger partial charge in [0.15, 0.2) is 11.5 Å². The number of anilines is 1. The number of carbonyl (C=O) groups excluding carboxylic acids is 1. The van der Waals surface area contributed by atoms with Crippen molar-refractivity contribution in [2.45, 2.75) is 4.90 Å². The van der Waals surface area contributed by atoms with Gasteiger partial charge in [0, 0.05) is 43.5 Å². The van der Waals surface area contributed by atoms with Gasteiger partial charge < -0.3 is 19.7 Å². The van der Waals surface area contributed by atoms with E-state index >= 15 is 0 Å². The Hall–Kier alpha value is -2.62. The van der Waals surface area contributed by atoms with Crippen molar-refractivity contribution in [3.05, 3.63) is 48.0 Å². The van der Waals surface area contributed by atoms with Crippen LogP contribution in [0, 0.1) is 0 Å². The van der Waals surface area contributed by atoms with Gasteiger partial charge in [-0.15, -0.1) is 0 Å². The van der Waals surface area contributed by atoms with E-state index in [0.29, 0.717) is 43.4 Å². The number of piperazine rings is 1. The average Bonchev–Trinajstić information content (AvgIpc) is 2.74. The molecule has 8 nitrogen and oxygen atoms in total. The van der Waals surface area contributed by atoms with Crippen molar-refractivity contribution >= 4 is 21.6 Å². The number of likely N-dealkylation sites (N-methyl/N-ethyl adjacent to an activating group) is 1. The first-order valence-electron chi connectivity index (χ1n) is 9.17. The van der Waals surface area contributed by atoms with E-state index in [4.69, 9.17) is 9.47 Å². The Morgan fingerprint density at radius 1 is 0.966 bits per heavy atom. The SMILES string of the molecule is COc1ccc(NC(=O)c2cccc(S(=O)(=O)N3CCN(C)CC3)c2)cc1OC. The van der Waals surface area contributed by atoms with Crippen LogP contribution in [0.25, 0.3) is 0 Å². The first kappa shape index (κ1) is 21.1. The predicted octanol–water partition coefficient (Wildman–Crippen LogP) is 1.89. The summed E-state index contributed by atoms with van der Waals surface area (Å²) in [5.41, 5.74) is 0.773. The second-order valence-electron chi connectivity index (χ2n) is 6.76. The van der Waals surface area contributed by atoms with Crippen LogP contribution in [0.15, 0.2) is 47.4 Å². The molecule has 2 aromatic carbocycles. The number of carbonyl (C=O) groups is 1. The quantitative estimate of drug-likeness (QED) is 0.769. The Morgan fingerprint density at radius 3 is 2.31 bits per heavy atom. The molecule has 0 aliphatic carbocycles. The van der Waals surface area contributed by atoms with Crippen LogP contribution in [-0.2, 0) is 10.0 Å². The summed E-state index contributed by atoms with van der Waals surface area (Å²) in [6, 6.07) is 11.1. The summed E-state index contributed by atoms with van der Waals surface area (Å²) in [5.74, 6) is 0.620. The van der Waals surface area contributed by atoms with Crippen LogP contribution in [0.2, 0.25) is 0 Å². The largest absolute Gasteiger partial charge is 0.493 e. The Balaban J connectivity index is 1.79. The number of hydrogen-bond donors (Lipinski definition) is 1. The molecule has 1 aliphatic rings. The third-order valence-corrected chi connectivity index (χ3v) is 6.73. The smallest absolute Gasteiger partial charge is 0.255 e.